The highest BCUT2D eigenvalue weighted by Gasteiger charge is 2.37. The minimum atomic E-state index is -1.64. The predicted octanol–water partition coefficient (Wildman–Crippen LogP) is -0.817. The lowest BCUT2D eigenvalue weighted by Crippen LogP contribution is -2.62. The molecule has 1 aliphatic heterocycles. The average molecular weight is 1120 g/mol. The number of aromatic amines is 1. The van der Waals surface area contributed by atoms with E-state index in [1.807, 2.05) is 18.2 Å². The number of aromatic nitrogens is 1. The Bertz CT molecular complexity index is 2810. The zero-order valence-electron chi connectivity index (χ0n) is 46.2. The summed E-state index contributed by atoms with van der Waals surface area (Å²) in [6.07, 6.45) is 0.666. The maximum Gasteiger partial charge on any atom is 0.243 e. The third-order valence-corrected chi connectivity index (χ3v) is 13.7. The first-order valence-corrected chi connectivity index (χ1v) is 27.3. The second kappa shape index (κ2) is 31.5. The van der Waals surface area contributed by atoms with E-state index < -0.39 is 126 Å². The summed E-state index contributed by atoms with van der Waals surface area (Å²) < 4.78 is 0. The second-order valence-corrected chi connectivity index (χ2v) is 20.7. The maximum absolute atomic E-state index is 15.0. The van der Waals surface area contributed by atoms with E-state index in [2.05, 4.69) is 52.8 Å². The van der Waals surface area contributed by atoms with Gasteiger partial charge in [0.2, 0.25) is 53.2 Å². The maximum atomic E-state index is 15.0. The van der Waals surface area contributed by atoms with Gasteiger partial charge in [-0.15, -0.1) is 0 Å². The van der Waals surface area contributed by atoms with Crippen molar-refractivity contribution < 1.29 is 58.2 Å². The lowest BCUT2D eigenvalue weighted by molar-refractivity contribution is -0.137. The molecule has 0 aliphatic carbocycles. The molecular formula is C57H78N12O12. The van der Waals surface area contributed by atoms with E-state index in [-0.39, 0.29) is 63.9 Å². The Kier molecular flexibility index (Phi) is 24.8. The third-order valence-electron chi connectivity index (χ3n) is 13.7. The van der Waals surface area contributed by atoms with Crippen LogP contribution in [0.2, 0.25) is 0 Å². The van der Waals surface area contributed by atoms with Crippen LogP contribution in [0, 0.1) is 5.92 Å². The number of carbonyl (C=O) groups is 10. The fourth-order valence-electron chi connectivity index (χ4n) is 9.30. The van der Waals surface area contributed by atoms with Crippen LogP contribution in [0.5, 0.6) is 5.75 Å². The molecule has 24 nitrogen and oxygen atoms in total. The number of aliphatic hydroxyl groups is 1. The fourth-order valence-corrected chi connectivity index (χ4v) is 9.30. The van der Waals surface area contributed by atoms with Gasteiger partial charge in [-0.1, -0.05) is 74.5 Å². The number of unbranched alkanes of at least 4 members (excludes halogenated alkanes) is 1. The number of phenols is 1. The standard InChI is InChI=1S/C57H78N12O12/c1-32(2)48-57(81)67-47(56(80)69-49(33(3)70)50(59)74)29-39(73)31-60-25-13-11-19-42(63-53(77)44(62-34(4)71)26-35-14-6-5-7-15-35)51(75)65-45(27-36-20-22-38(72)23-21-36)54(78)66-46(28-37-30-61-41-17-9-8-16-40(37)41)55(79)64-43(52(76)68-48)18-10-12-24-58/h5-9,14-17,20-23,30,32-33,42-49,60-61,70,72H,10-13,18-19,24-29,31,58H2,1-4H3,(H2,59,74)(H,62,71)(H,63,77)(H,64,79)(H,65,75)(H,66,78)(H,67,81)(H,68,76)(H,69,80)/t33-,42+,43+,44-,45+,46-,47+,48+,49+/m1/s1. The molecule has 9 amide bonds. The van der Waals surface area contributed by atoms with Crippen molar-refractivity contribution in [2.24, 2.45) is 17.4 Å². The van der Waals surface area contributed by atoms with Crippen molar-refractivity contribution in [1.29, 1.82) is 0 Å². The van der Waals surface area contributed by atoms with Gasteiger partial charge in [0.15, 0.2) is 0 Å². The van der Waals surface area contributed by atoms with Gasteiger partial charge in [0.25, 0.3) is 0 Å². The van der Waals surface area contributed by atoms with Crippen molar-refractivity contribution >= 4 is 69.9 Å². The highest BCUT2D eigenvalue weighted by atomic mass is 16.3. The SMILES string of the molecule is CC(=O)N[C@H](Cc1ccccc1)C(=O)N[C@H]1CCCCNCC(=O)C[C@@H](C(=O)N[C@H](C(N)=O)[C@@H](C)O)NC(=O)[C@H](C(C)C)NC(=O)[C@H](CCCCN)NC(=O)[C@@H](Cc2c[nH]c3ccccc23)NC(=O)[C@H](Cc2ccc(O)cc2)NC1=O. The smallest absolute Gasteiger partial charge is 0.243 e. The van der Waals surface area contributed by atoms with Gasteiger partial charge >= 0.3 is 0 Å². The van der Waals surface area contributed by atoms with E-state index in [1.165, 1.54) is 26.0 Å². The van der Waals surface area contributed by atoms with Gasteiger partial charge in [0.1, 0.15) is 59.9 Å². The van der Waals surface area contributed by atoms with Crippen molar-refractivity contribution in [3.8, 4) is 5.75 Å². The molecule has 1 saturated heterocycles. The summed E-state index contributed by atoms with van der Waals surface area (Å²) in [7, 11) is 0. The molecular weight excluding hydrogens is 1040 g/mol. The molecule has 0 bridgehead atoms. The minimum absolute atomic E-state index is 0.0100. The van der Waals surface area contributed by atoms with Crippen LogP contribution in [0.1, 0.15) is 89.3 Å². The molecule has 0 saturated carbocycles. The lowest BCUT2D eigenvalue weighted by atomic mass is 9.99. The molecule has 9 atom stereocenters. The van der Waals surface area contributed by atoms with E-state index >= 15 is 0 Å². The molecule has 1 aliphatic rings. The summed E-state index contributed by atoms with van der Waals surface area (Å²) in [6.45, 7) is 5.79. The number of Topliss-reactive ketones (excluding diaryl/α,β-unsaturated/α-hetero) is 1. The Morgan fingerprint density at radius 3 is 2.01 bits per heavy atom. The van der Waals surface area contributed by atoms with Gasteiger partial charge in [0.05, 0.1) is 12.6 Å². The minimum Gasteiger partial charge on any atom is -0.508 e. The summed E-state index contributed by atoms with van der Waals surface area (Å²) >= 11 is 0. The second-order valence-electron chi connectivity index (χ2n) is 20.7. The van der Waals surface area contributed by atoms with Gasteiger partial charge in [-0.2, -0.15) is 0 Å². The first-order chi connectivity index (χ1) is 38.6. The number of carbonyl (C=O) groups excluding carboxylic acids is 10. The molecule has 5 rings (SSSR count). The Hall–Kier alpha value is -8.22. The number of primary amides is 1. The zero-order chi connectivity index (χ0) is 59.2. The van der Waals surface area contributed by atoms with Gasteiger partial charge in [-0.3, -0.25) is 47.9 Å². The van der Waals surface area contributed by atoms with Crippen molar-refractivity contribution in [2.45, 2.75) is 146 Å². The molecule has 1 fully saturated rings. The number of phenolic OH excluding ortho intramolecular Hbond substituents is 1. The third kappa shape index (κ3) is 20.1. The molecule has 438 valence electrons. The van der Waals surface area contributed by atoms with Crippen LogP contribution in [-0.4, -0.2) is 148 Å². The van der Waals surface area contributed by atoms with Gasteiger partial charge in [0, 0.05) is 49.7 Å². The molecule has 3 aromatic carbocycles. The number of H-pyrrole nitrogens is 1. The summed E-state index contributed by atoms with van der Waals surface area (Å²) in [6, 6.07) is 10.8. The summed E-state index contributed by atoms with van der Waals surface area (Å²) in [5.41, 5.74) is 13.8. The van der Waals surface area contributed by atoms with Crippen LogP contribution >= 0.6 is 0 Å². The van der Waals surface area contributed by atoms with Crippen LogP contribution in [0.3, 0.4) is 0 Å². The van der Waals surface area contributed by atoms with Crippen molar-refractivity contribution in [1.82, 2.24) is 52.8 Å². The number of hydrogen-bond acceptors (Lipinski definition) is 14. The van der Waals surface area contributed by atoms with E-state index in [9.17, 15) is 58.2 Å². The first-order valence-electron chi connectivity index (χ1n) is 27.3. The molecule has 81 heavy (non-hydrogen) atoms. The van der Waals surface area contributed by atoms with E-state index in [4.69, 9.17) is 11.5 Å². The molecule has 0 spiro atoms. The Morgan fingerprint density at radius 2 is 1.36 bits per heavy atom. The number of aromatic hydroxyl groups is 1. The van der Waals surface area contributed by atoms with E-state index in [0.717, 1.165) is 10.9 Å². The first kappa shape index (κ1) is 63.6. The fraction of sp³-hybridized carbons (Fsp3) is 0.474. The summed E-state index contributed by atoms with van der Waals surface area (Å²) in [5, 5.41) is 45.5. The number of ketones is 1. The highest BCUT2D eigenvalue weighted by molar-refractivity contribution is 5.99. The topological polar surface area (TPSA) is 387 Å². The lowest BCUT2D eigenvalue weighted by Gasteiger charge is -2.29. The molecule has 0 unspecified atom stereocenters. The van der Waals surface area contributed by atoms with Crippen molar-refractivity contribution in [2.75, 3.05) is 19.6 Å². The quantitative estimate of drug-likeness (QED) is 0.0542. The molecule has 4 aromatic rings. The highest BCUT2D eigenvalue weighted by Crippen LogP contribution is 2.21. The summed E-state index contributed by atoms with van der Waals surface area (Å²) in [5.74, 6) is -8.79. The number of nitrogens with two attached hydrogens (primary N) is 2. The van der Waals surface area contributed by atoms with Crippen LogP contribution < -0.4 is 59.3 Å². The predicted molar refractivity (Wildman–Crippen MR) is 300 cm³/mol. The van der Waals surface area contributed by atoms with Crippen LogP contribution in [0.15, 0.2) is 85.1 Å². The van der Waals surface area contributed by atoms with Crippen LogP contribution in [0.4, 0.5) is 0 Å². The van der Waals surface area contributed by atoms with Crippen molar-refractivity contribution in [3.05, 3.63) is 102 Å². The number of aliphatic hydroxyl groups excluding tert-OH is 1. The molecule has 0 radical (unpaired) electrons. The number of nitrogens with one attached hydrogen (secondary N) is 10. The Balaban J connectivity index is 1.58. The summed E-state index contributed by atoms with van der Waals surface area (Å²) in [4.78, 5) is 143. The largest absolute Gasteiger partial charge is 0.508 e. The number of benzene rings is 3. The van der Waals surface area contributed by atoms with Gasteiger partial charge in [-0.25, -0.2) is 0 Å². The number of rotatable bonds is 18. The van der Waals surface area contributed by atoms with Crippen molar-refractivity contribution in [3.63, 3.8) is 0 Å². The number of fused-ring (bicyclic) bond motifs is 1. The van der Waals surface area contributed by atoms with E-state index in [0.29, 0.717) is 36.0 Å². The molecule has 1 aromatic heterocycles. The molecule has 24 heteroatoms. The molecule has 2 heterocycles. The van der Waals surface area contributed by atoms with Gasteiger partial charge in [-0.05, 0) is 99.3 Å². The monoisotopic (exact) mass is 1120 g/mol. The van der Waals surface area contributed by atoms with Crippen LogP contribution in [-0.2, 0) is 67.2 Å². The van der Waals surface area contributed by atoms with E-state index in [1.54, 1.807) is 68.6 Å². The average Bonchev–Trinajstić information content (AvgIpc) is 3.83. The van der Waals surface area contributed by atoms with Crippen LogP contribution in [0.25, 0.3) is 10.9 Å². The normalized spacial score (nSPS) is 21.6. The zero-order valence-corrected chi connectivity index (χ0v) is 46.2. The number of amides is 9. The Labute approximate surface area is 470 Å². The number of hydrogen-bond donors (Lipinski definition) is 14. The Morgan fingerprint density at radius 1 is 0.716 bits per heavy atom. The van der Waals surface area contributed by atoms with Gasteiger partial charge < -0.3 is 74.5 Å². The molecule has 16 N–H and O–H groups in total. The number of para-hydroxylation sites is 1.